The van der Waals surface area contributed by atoms with Gasteiger partial charge in [-0.1, -0.05) is 12.1 Å². The predicted molar refractivity (Wildman–Crippen MR) is 101 cm³/mol. The quantitative estimate of drug-likeness (QED) is 0.770. The average Bonchev–Trinajstić information content (AvgIpc) is 3.06. The smallest absolute Gasteiger partial charge is 0.282 e. The lowest BCUT2D eigenvalue weighted by molar-refractivity contribution is 0.102. The lowest BCUT2D eigenvalue weighted by atomic mass is 10.1. The number of nitrogens with two attached hydrogens (primary N) is 1. The van der Waals surface area contributed by atoms with Crippen LogP contribution in [0.1, 0.15) is 22.5 Å². The topological polar surface area (TPSA) is 124 Å². The second kappa shape index (κ2) is 7.75. The number of hydrogen-bond donors (Lipinski definition) is 2. The van der Waals surface area contributed by atoms with Gasteiger partial charge >= 0.3 is 0 Å². The Morgan fingerprint density at radius 2 is 2.00 bits per heavy atom. The Kier molecular flexibility index (Phi) is 5.41. The maximum atomic E-state index is 12.2. The number of nitrogens with zero attached hydrogens (tertiary/aromatic N) is 2. The fraction of sp³-hybridized carbons (Fsp3) is 0.278. The van der Waals surface area contributed by atoms with E-state index in [9.17, 15) is 13.2 Å². The van der Waals surface area contributed by atoms with Gasteiger partial charge in [0.2, 0.25) is 0 Å². The zero-order valence-electron chi connectivity index (χ0n) is 14.8. The van der Waals surface area contributed by atoms with Crippen LogP contribution in [-0.2, 0) is 21.0 Å². The summed E-state index contributed by atoms with van der Waals surface area (Å²) in [5, 5.41) is 2.74. The minimum atomic E-state index is -3.34. The summed E-state index contributed by atoms with van der Waals surface area (Å²) in [6, 6.07) is 10.6. The highest BCUT2D eigenvalue weighted by molar-refractivity contribution is 7.90. The molecule has 0 saturated carbocycles. The van der Waals surface area contributed by atoms with E-state index < -0.39 is 15.7 Å². The highest BCUT2D eigenvalue weighted by Crippen LogP contribution is 2.15. The standard InChI is InChI=1S/C18H20N4O4S/c1-27(24,25)15-8-9-16(20-10-15)17(23)21-13-5-2-12(3-6-13)4-7-14-11-26-18(19)22-14/h2-3,5-6,8-10,14H,4,7,11H2,1H3,(H2,19,22)(H,21,23)/t14-/m0/s1. The minimum Gasteiger partial charge on any atom is -0.463 e. The fourth-order valence-electron chi connectivity index (χ4n) is 2.60. The van der Waals surface area contributed by atoms with E-state index in [0.717, 1.165) is 24.7 Å². The molecule has 1 aliphatic rings. The number of hydrogen-bond acceptors (Lipinski definition) is 7. The van der Waals surface area contributed by atoms with Gasteiger partial charge in [0.25, 0.3) is 11.9 Å². The van der Waals surface area contributed by atoms with E-state index in [2.05, 4.69) is 15.3 Å². The van der Waals surface area contributed by atoms with E-state index in [0.29, 0.717) is 12.3 Å². The van der Waals surface area contributed by atoms with Gasteiger partial charge in [0.1, 0.15) is 12.3 Å². The van der Waals surface area contributed by atoms with Crippen molar-refractivity contribution >= 4 is 27.5 Å². The van der Waals surface area contributed by atoms with Gasteiger partial charge in [0, 0.05) is 18.1 Å². The summed E-state index contributed by atoms with van der Waals surface area (Å²) in [4.78, 5) is 20.4. The van der Waals surface area contributed by atoms with Crippen molar-refractivity contribution in [3.8, 4) is 0 Å². The van der Waals surface area contributed by atoms with Crippen LogP contribution >= 0.6 is 0 Å². The number of nitrogens with one attached hydrogen (secondary N) is 1. The molecule has 0 spiro atoms. The summed E-state index contributed by atoms with van der Waals surface area (Å²) in [6.07, 6.45) is 3.93. The molecule has 2 heterocycles. The Morgan fingerprint density at radius 1 is 1.26 bits per heavy atom. The van der Waals surface area contributed by atoms with Gasteiger partial charge < -0.3 is 15.8 Å². The molecule has 0 unspecified atom stereocenters. The lowest BCUT2D eigenvalue weighted by Gasteiger charge is -2.08. The molecule has 0 aliphatic carbocycles. The first-order valence-corrected chi connectivity index (χ1v) is 10.2. The third-order valence-corrected chi connectivity index (χ3v) is 5.21. The maximum absolute atomic E-state index is 12.2. The van der Waals surface area contributed by atoms with E-state index >= 15 is 0 Å². The van der Waals surface area contributed by atoms with Gasteiger partial charge in [-0.3, -0.25) is 4.79 Å². The Balaban J connectivity index is 1.56. The monoisotopic (exact) mass is 388 g/mol. The van der Waals surface area contributed by atoms with Crippen LogP contribution < -0.4 is 11.1 Å². The summed E-state index contributed by atoms with van der Waals surface area (Å²) >= 11 is 0. The number of carbonyl (C=O) groups excluding carboxylic acids is 1. The molecule has 142 valence electrons. The Labute approximate surface area is 157 Å². The summed E-state index contributed by atoms with van der Waals surface area (Å²) in [6.45, 7) is 0.519. The van der Waals surface area contributed by atoms with Crippen LogP contribution in [0, 0.1) is 0 Å². The van der Waals surface area contributed by atoms with E-state index in [-0.39, 0.29) is 22.7 Å². The molecule has 1 aromatic carbocycles. The van der Waals surface area contributed by atoms with Gasteiger partial charge in [0.05, 0.1) is 10.9 Å². The molecule has 2 aromatic rings. The summed E-state index contributed by atoms with van der Waals surface area (Å²) in [5.74, 6) is -0.407. The highest BCUT2D eigenvalue weighted by Gasteiger charge is 2.16. The molecular formula is C18H20N4O4S. The molecule has 1 aliphatic heterocycles. The van der Waals surface area contributed by atoms with Crippen LogP contribution in [0.5, 0.6) is 0 Å². The molecule has 9 heteroatoms. The second-order valence-corrected chi connectivity index (χ2v) is 8.29. The third kappa shape index (κ3) is 5.04. The first kappa shape index (κ1) is 18.8. The van der Waals surface area contributed by atoms with E-state index in [4.69, 9.17) is 10.5 Å². The van der Waals surface area contributed by atoms with Crippen molar-refractivity contribution in [2.24, 2.45) is 10.7 Å². The number of rotatable bonds is 6. The van der Waals surface area contributed by atoms with Crippen molar-refractivity contribution in [2.75, 3.05) is 18.2 Å². The van der Waals surface area contributed by atoms with Gasteiger partial charge in [0.15, 0.2) is 9.84 Å². The summed E-state index contributed by atoms with van der Waals surface area (Å²) in [5.41, 5.74) is 7.38. The molecule has 3 rings (SSSR count). The zero-order valence-corrected chi connectivity index (χ0v) is 15.6. The number of carbonyl (C=O) groups is 1. The van der Waals surface area contributed by atoms with Crippen molar-refractivity contribution in [1.29, 1.82) is 0 Å². The molecule has 1 amide bonds. The van der Waals surface area contributed by atoms with Crippen LogP contribution in [0.2, 0.25) is 0 Å². The Hall–Kier alpha value is -2.94. The Bertz CT molecular complexity index is 954. The van der Waals surface area contributed by atoms with Crippen LogP contribution in [0.15, 0.2) is 52.5 Å². The zero-order chi connectivity index (χ0) is 19.4. The second-order valence-electron chi connectivity index (χ2n) is 6.27. The first-order chi connectivity index (χ1) is 12.8. The molecule has 3 N–H and O–H groups in total. The largest absolute Gasteiger partial charge is 0.463 e. The Morgan fingerprint density at radius 3 is 2.56 bits per heavy atom. The minimum absolute atomic E-state index is 0.0714. The van der Waals surface area contributed by atoms with Crippen molar-refractivity contribution in [2.45, 2.75) is 23.8 Å². The number of aryl methyl sites for hydroxylation is 1. The fourth-order valence-corrected chi connectivity index (χ4v) is 3.16. The molecule has 8 nitrogen and oxygen atoms in total. The van der Waals surface area contributed by atoms with Crippen LogP contribution in [0.3, 0.4) is 0 Å². The van der Waals surface area contributed by atoms with Crippen molar-refractivity contribution in [3.05, 3.63) is 53.9 Å². The van der Waals surface area contributed by atoms with Crippen LogP contribution in [-0.4, -0.2) is 44.2 Å². The van der Waals surface area contributed by atoms with Crippen molar-refractivity contribution < 1.29 is 17.9 Å². The van der Waals surface area contributed by atoms with Crippen LogP contribution in [0.25, 0.3) is 0 Å². The molecule has 1 atom stereocenters. The van der Waals surface area contributed by atoms with Gasteiger partial charge in [-0.2, -0.15) is 0 Å². The molecular weight excluding hydrogens is 368 g/mol. The number of pyridine rings is 1. The molecule has 27 heavy (non-hydrogen) atoms. The number of benzene rings is 1. The third-order valence-electron chi connectivity index (χ3n) is 4.11. The van der Waals surface area contributed by atoms with E-state index in [1.807, 2.05) is 12.1 Å². The number of aliphatic imine (C=N–C) groups is 1. The summed E-state index contributed by atoms with van der Waals surface area (Å²) in [7, 11) is -3.34. The average molecular weight is 388 g/mol. The first-order valence-electron chi connectivity index (χ1n) is 8.34. The van der Waals surface area contributed by atoms with Gasteiger partial charge in [-0.15, -0.1) is 0 Å². The summed E-state index contributed by atoms with van der Waals surface area (Å²) < 4.78 is 28.0. The number of ether oxygens (including phenoxy) is 1. The van der Waals surface area contributed by atoms with E-state index in [1.165, 1.54) is 18.3 Å². The van der Waals surface area contributed by atoms with Crippen LogP contribution in [0.4, 0.5) is 5.69 Å². The SMILES string of the molecule is CS(=O)(=O)c1ccc(C(=O)Nc2ccc(CC[C@H]3COC(N)=N3)cc2)nc1. The van der Waals surface area contributed by atoms with E-state index in [1.54, 1.807) is 12.1 Å². The molecule has 0 fully saturated rings. The van der Waals surface area contributed by atoms with Gasteiger partial charge in [-0.05, 0) is 42.7 Å². The van der Waals surface area contributed by atoms with Crippen molar-refractivity contribution in [1.82, 2.24) is 4.98 Å². The normalized spacial score (nSPS) is 16.5. The molecule has 0 bridgehead atoms. The number of aromatic nitrogens is 1. The number of anilines is 1. The number of sulfone groups is 1. The number of amidine groups is 1. The highest BCUT2D eigenvalue weighted by atomic mass is 32.2. The molecule has 1 aromatic heterocycles. The number of amides is 1. The molecule has 0 saturated heterocycles. The van der Waals surface area contributed by atoms with Gasteiger partial charge in [-0.25, -0.2) is 18.4 Å². The molecule has 0 radical (unpaired) electrons. The predicted octanol–water partition coefficient (Wildman–Crippen LogP) is 1.38. The maximum Gasteiger partial charge on any atom is 0.282 e. The lowest BCUT2D eigenvalue weighted by Crippen LogP contribution is -2.14. The van der Waals surface area contributed by atoms with Crippen molar-refractivity contribution in [3.63, 3.8) is 0 Å².